The number of benzene rings is 1. The smallest absolute Gasteiger partial charge is 0.274 e. The first-order valence-electron chi connectivity index (χ1n) is 6.12. The van der Waals surface area contributed by atoms with E-state index in [2.05, 4.69) is 10.4 Å². The molecule has 1 N–H and O–H groups in total. The second-order valence-electron chi connectivity index (χ2n) is 4.42. The van der Waals surface area contributed by atoms with Crippen LogP contribution in [0.3, 0.4) is 0 Å². The number of hydrogen-bond acceptors (Lipinski definition) is 4. The van der Waals surface area contributed by atoms with Crippen molar-refractivity contribution >= 4 is 10.8 Å². The summed E-state index contributed by atoms with van der Waals surface area (Å²) < 4.78 is 7.07. The fraction of sp³-hybridized carbons (Fsp3) is 0.385. The molecule has 18 heavy (non-hydrogen) atoms. The lowest BCUT2D eigenvalue weighted by Gasteiger charge is -2.23. The summed E-state index contributed by atoms with van der Waals surface area (Å²) in [5, 5.41) is 9.02. The van der Waals surface area contributed by atoms with Crippen molar-refractivity contribution in [2.75, 3.05) is 19.7 Å². The molecule has 1 atom stereocenters. The third-order valence-electron chi connectivity index (χ3n) is 3.14. The fourth-order valence-electron chi connectivity index (χ4n) is 2.19. The summed E-state index contributed by atoms with van der Waals surface area (Å²) in [7, 11) is 0. The first kappa shape index (κ1) is 11.4. The molecule has 1 aromatic heterocycles. The van der Waals surface area contributed by atoms with Gasteiger partial charge in [0.1, 0.15) is 0 Å². The molecule has 1 fully saturated rings. The van der Waals surface area contributed by atoms with Crippen molar-refractivity contribution in [2.24, 2.45) is 0 Å². The van der Waals surface area contributed by atoms with Crippen LogP contribution in [0.5, 0.6) is 0 Å². The maximum absolute atomic E-state index is 12.2. The highest BCUT2D eigenvalue weighted by molar-refractivity contribution is 5.80. The zero-order chi connectivity index (χ0) is 12.4. The van der Waals surface area contributed by atoms with Gasteiger partial charge in [-0.25, -0.2) is 4.68 Å². The largest absolute Gasteiger partial charge is 0.374 e. The molecule has 1 aromatic carbocycles. The average Bonchev–Trinajstić information content (AvgIpc) is 2.43. The van der Waals surface area contributed by atoms with Crippen LogP contribution in [0, 0.1) is 0 Å². The molecule has 1 aliphatic rings. The molecule has 2 aromatic rings. The summed E-state index contributed by atoms with van der Waals surface area (Å²) in [5.74, 6) is 0. The predicted molar refractivity (Wildman–Crippen MR) is 68.6 cm³/mol. The Bertz CT molecular complexity index is 602. The highest BCUT2D eigenvalue weighted by Crippen LogP contribution is 2.07. The monoisotopic (exact) mass is 245 g/mol. The minimum absolute atomic E-state index is 0.0186. The van der Waals surface area contributed by atoms with Gasteiger partial charge in [0.15, 0.2) is 0 Å². The van der Waals surface area contributed by atoms with E-state index in [1.807, 2.05) is 24.3 Å². The number of hydrogen-bond donors (Lipinski definition) is 1. The van der Waals surface area contributed by atoms with E-state index in [1.165, 1.54) is 4.68 Å². The van der Waals surface area contributed by atoms with Crippen LogP contribution in [0.25, 0.3) is 10.8 Å². The molecule has 0 aliphatic carbocycles. The molecule has 5 heteroatoms. The van der Waals surface area contributed by atoms with Crippen LogP contribution in [-0.4, -0.2) is 35.6 Å². The molecule has 1 aliphatic heterocycles. The van der Waals surface area contributed by atoms with Gasteiger partial charge in [-0.15, -0.1) is 0 Å². The second kappa shape index (κ2) is 4.88. The highest BCUT2D eigenvalue weighted by atomic mass is 16.5. The molecule has 0 radical (unpaired) electrons. The zero-order valence-electron chi connectivity index (χ0n) is 10.0. The number of nitrogens with one attached hydrogen (secondary N) is 1. The van der Waals surface area contributed by atoms with E-state index in [0.29, 0.717) is 18.5 Å². The Labute approximate surface area is 104 Å². The minimum Gasteiger partial charge on any atom is -0.374 e. The average molecular weight is 245 g/mol. The van der Waals surface area contributed by atoms with Crippen molar-refractivity contribution in [1.29, 1.82) is 0 Å². The summed E-state index contributed by atoms with van der Waals surface area (Å²) in [4.78, 5) is 12.2. The van der Waals surface area contributed by atoms with Gasteiger partial charge in [-0.3, -0.25) is 4.79 Å². The van der Waals surface area contributed by atoms with Crippen LogP contribution >= 0.6 is 0 Å². The third-order valence-corrected chi connectivity index (χ3v) is 3.14. The summed E-state index contributed by atoms with van der Waals surface area (Å²) in [5.41, 5.74) is -0.0535. The Kier molecular flexibility index (Phi) is 3.08. The molecule has 0 saturated carbocycles. The van der Waals surface area contributed by atoms with Gasteiger partial charge in [-0.05, 0) is 6.07 Å². The van der Waals surface area contributed by atoms with Crippen molar-refractivity contribution < 1.29 is 4.74 Å². The zero-order valence-corrected chi connectivity index (χ0v) is 10.0. The van der Waals surface area contributed by atoms with E-state index in [4.69, 9.17) is 4.74 Å². The topological polar surface area (TPSA) is 56.2 Å². The predicted octanol–water partition coefficient (Wildman–Crippen LogP) is 0.385. The van der Waals surface area contributed by atoms with Gasteiger partial charge < -0.3 is 10.1 Å². The second-order valence-corrected chi connectivity index (χ2v) is 4.42. The van der Waals surface area contributed by atoms with E-state index < -0.39 is 0 Å². The van der Waals surface area contributed by atoms with Crippen LogP contribution in [-0.2, 0) is 11.3 Å². The van der Waals surface area contributed by atoms with E-state index >= 15 is 0 Å². The summed E-state index contributed by atoms with van der Waals surface area (Å²) in [6.07, 6.45) is 1.75. The van der Waals surface area contributed by atoms with Crippen LogP contribution in [0.2, 0.25) is 0 Å². The summed E-state index contributed by atoms with van der Waals surface area (Å²) in [6, 6.07) is 7.50. The van der Waals surface area contributed by atoms with Gasteiger partial charge in [0.05, 0.1) is 30.8 Å². The van der Waals surface area contributed by atoms with Crippen molar-refractivity contribution in [3.8, 4) is 0 Å². The Morgan fingerprint density at radius 1 is 1.44 bits per heavy atom. The molecular formula is C13H15N3O2. The Morgan fingerprint density at radius 2 is 2.33 bits per heavy atom. The molecular weight excluding hydrogens is 230 g/mol. The lowest BCUT2D eigenvalue weighted by molar-refractivity contribution is 0.0154. The Balaban J connectivity index is 1.92. The lowest BCUT2D eigenvalue weighted by Crippen LogP contribution is -2.42. The Morgan fingerprint density at radius 3 is 3.17 bits per heavy atom. The normalized spacial score (nSPS) is 20.1. The minimum atomic E-state index is -0.0535. The molecule has 0 bridgehead atoms. The van der Waals surface area contributed by atoms with Crippen molar-refractivity contribution in [2.45, 2.75) is 12.6 Å². The van der Waals surface area contributed by atoms with E-state index in [-0.39, 0.29) is 11.7 Å². The summed E-state index contributed by atoms with van der Waals surface area (Å²) in [6.45, 7) is 2.82. The molecule has 3 rings (SSSR count). The highest BCUT2D eigenvalue weighted by Gasteiger charge is 2.15. The van der Waals surface area contributed by atoms with E-state index in [0.717, 1.165) is 18.5 Å². The quantitative estimate of drug-likeness (QED) is 0.831. The van der Waals surface area contributed by atoms with E-state index in [9.17, 15) is 4.79 Å². The van der Waals surface area contributed by atoms with Crippen LogP contribution in [0.15, 0.2) is 35.3 Å². The van der Waals surface area contributed by atoms with Crippen molar-refractivity contribution in [3.05, 3.63) is 40.8 Å². The van der Waals surface area contributed by atoms with Gasteiger partial charge in [0.2, 0.25) is 0 Å². The van der Waals surface area contributed by atoms with Gasteiger partial charge >= 0.3 is 0 Å². The van der Waals surface area contributed by atoms with Gasteiger partial charge in [0, 0.05) is 18.5 Å². The third kappa shape index (κ3) is 2.14. The number of aromatic nitrogens is 2. The molecule has 2 heterocycles. The number of ether oxygens (including phenoxy) is 1. The molecule has 0 amide bonds. The fourth-order valence-corrected chi connectivity index (χ4v) is 2.19. The lowest BCUT2D eigenvalue weighted by atomic mass is 10.2. The number of rotatable bonds is 2. The van der Waals surface area contributed by atoms with Gasteiger partial charge in [0.25, 0.3) is 5.56 Å². The van der Waals surface area contributed by atoms with Crippen LogP contribution in [0.4, 0.5) is 0 Å². The molecule has 1 unspecified atom stereocenters. The van der Waals surface area contributed by atoms with Crippen molar-refractivity contribution in [3.63, 3.8) is 0 Å². The molecule has 1 saturated heterocycles. The number of morpholine rings is 1. The van der Waals surface area contributed by atoms with Crippen LogP contribution < -0.4 is 10.9 Å². The standard InChI is InChI=1S/C13H15N3O2/c17-13-12-4-2-1-3-10(12)7-15-16(13)9-11-8-14-5-6-18-11/h1-4,7,11,14H,5-6,8-9H2. The maximum Gasteiger partial charge on any atom is 0.274 e. The summed E-state index contributed by atoms with van der Waals surface area (Å²) >= 11 is 0. The van der Waals surface area contributed by atoms with Crippen LogP contribution in [0.1, 0.15) is 0 Å². The SMILES string of the molecule is O=c1c2ccccc2cnn1CC1CNCCO1. The molecule has 0 spiro atoms. The van der Waals surface area contributed by atoms with Gasteiger partial charge in [-0.1, -0.05) is 18.2 Å². The van der Waals surface area contributed by atoms with E-state index in [1.54, 1.807) is 6.20 Å². The molecule has 94 valence electrons. The first-order valence-corrected chi connectivity index (χ1v) is 6.12. The first-order chi connectivity index (χ1) is 8.84. The number of fused-ring (bicyclic) bond motifs is 1. The Hall–Kier alpha value is -1.72. The van der Waals surface area contributed by atoms with Crippen molar-refractivity contribution in [1.82, 2.24) is 15.1 Å². The molecule has 5 nitrogen and oxygen atoms in total. The maximum atomic E-state index is 12.2. The number of nitrogens with zero attached hydrogens (tertiary/aromatic N) is 2. The van der Waals surface area contributed by atoms with Gasteiger partial charge in [-0.2, -0.15) is 5.10 Å².